The molecule has 2 aromatic rings. The Hall–Kier alpha value is -1.32. The van der Waals surface area contributed by atoms with Crippen LogP contribution in [0.15, 0.2) is 33.0 Å². The summed E-state index contributed by atoms with van der Waals surface area (Å²) in [5, 5.41) is 0.825. The number of rotatable bonds is 3. The summed E-state index contributed by atoms with van der Waals surface area (Å²) in [5.74, 6) is 0.870. The summed E-state index contributed by atoms with van der Waals surface area (Å²) in [7, 11) is -3.78. The second-order valence-corrected chi connectivity index (χ2v) is 8.80. The largest absolute Gasteiger partial charge is 0.307 e. The fourth-order valence-electron chi connectivity index (χ4n) is 2.89. The van der Waals surface area contributed by atoms with Crippen LogP contribution in [0.1, 0.15) is 22.3 Å². The van der Waals surface area contributed by atoms with Crippen LogP contribution in [0.25, 0.3) is 0 Å². The van der Waals surface area contributed by atoms with Crippen molar-refractivity contribution in [2.45, 2.75) is 29.6 Å². The second-order valence-electron chi connectivity index (χ2n) is 5.39. The molecule has 0 saturated carbocycles. The highest BCUT2D eigenvalue weighted by Crippen LogP contribution is 2.34. The lowest BCUT2D eigenvalue weighted by Gasteiger charge is -2.10. The Balaban J connectivity index is 1.72. The molecule has 120 valence electrons. The zero-order valence-corrected chi connectivity index (χ0v) is 15.1. The summed E-state index contributed by atoms with van der Waals surface area (Å²) in [6, 6.07) is 5.12. The van der Waals surface area contributed by atoms with Crippen LogP contribution in [0, 0.1) is 0 Å². The molecule has 2 heterocycles. The third-order valence-electron chi connectivity index (χ3n) is 3.93. The Kier molecular flexibility index (Phi) is 3.54. The predicted octanol–water partition coefficient (Wildman–Crippen LogP) is 2.68. The summed E-state index contributed by atoms with van der Waals surface area (Å²) < 4.78 is 30.0. The van der Waals surface area contributed by atoms with Crippen molar-refractivity contribution in [3.8, 4) is 0 Å². The van der Waals surface area contributed by atoms with Crippen molar-refractivity contribution in [2.75, 3.05) is 10.5 Å². The van der Waals surface area contributed by atoms with Crippen LogP contribution in [0.5, 0.6) is 0 Å². The van der Waals surface area contributed by atoms with Crippen molar-refractivity contribution in [1.29, 1.82) is 0 Å². The maximum Gasteiger partial charge on any atom is 0.280 e. The van der Waals surface area contributed by atoms with Crippen molar-refractivity contribution in [3.63, 3.8) is 0 Å². The summed E-state index contributed by atoms with van der Waals surface area (Å²) in [6.45, 7) is 0.609. The Labute approximate surface area is 145 Å². The molecule has 6 nitrogen and oxygen atoms in total. The number of thioether (sulfide) groups is 1. The number of fused-ring (bicyclic) bond motifs is 2. The first-order chi connectivity index (χ1) is 11.0. The van der Waals surface area contributed by atoms with Crippen molar-refractivity contribution in [2.24, 2.45) is 0 Å². The number of aryl methyl sites for hydroxylation is 1. The van der Waals surface area contributed by atoms with Gasteiger partial charge in [0, 0.05) is 30.0 Å². The third-order valence-corrected chi connectivity index (χ3v) is 7.13. The molecule has 0 fully saturated rings. The highest BCUT2D eigenvalue weighted by molar-refractivity contribution is 9.10. The van der Waals surface area contributed by atoms with Gasteiger partial charge in [-0.15, -0.1) is 0 Å². The molecule has 0 saturated heterocycles. The van der Waals surface area contributed by atoms with Crippen LogP contribution in [0.2, 0.25) is 0 Å². The number of halogens is 1. The molecule has 0 radical (unpaired) electrons. The summed E-state index contributed by atoms with van der Waals surface area (Å²) >= 11 is 4.76. The number of aromatic nitrogens is 2. The Morgan fingerprint density at radius 1 is 1.30 bits per heavy atom. The van der Waals surface area contributed by atoms with E-state index in [1.165, 1.54) is 11.8 Å². The average molecular weight is 414 g/mol. The van der Waals surface area contributed by atoms with Crippen LogP contribution in [0.4, 0.5) is 5.69 Å². The molecule has 0 bridgehead atoms. The minimum atomic E-state index is -3.78. The van der Waals surface area contributed by atoms with Crippen molar-refractivity contribution in [3.05, 3.63) is 33.9 Å². The van der Waals surface area contributed by atoms with Gasteiger partial charge in [0.1, 0.15) is 4.60 Å². The van der Waals surface area contributed by atoms with Gasteiger partial charge in [0.15, 0.2) is 16.0 Å². The first kappa shape index (κ1) is 15.2. The minimum Gasteiger partial charge on any atom is -0.307 e. The number of nitrogens with zero attached hydrogens (tertiary/aromatic N) is 2. The molecule has 1 aromatic heterocycles. The van der Waals surface area contributed by atoms with Gasteiger partial charge >= 0.3 is 0 Å². The fraction of sp³-hybridized carbons (Fsp3) is 0.286. The molecule has 0 spiro atoms. The predicted molar refractivity (Wildman–Crippen MR) is 90.6 cm³/mol. The quantitative estimate of drug-likeness (QED) is 0.836. The van der Waals surface area contributed by atoms with Crippen LogP contribution < -0.4 is 4.72 Å². The molecular weight excluding hydrogens is 402 g/mol. The zero-order valence-electron chi connectivity index (χ0n) is 11.9. The van der Waals surface area contributed by atoms with Crippen molar-refractivity contribution < 1.29 is 13.2 Å². The van der Waals surface area contributed by atoms with Gasteiger partial charge in [-0.3, -0.25) is 9.52 Å². The smallest absolute Gasteiger partial charge is 0.280 e. The van der Waals surface area contributed by atoms with Crippen molar-refractivity contribution in [1.82, 2.24) is 9.55 Å². The van der Waals surface area contributed by atoms with Crippen molar-refractivity contribution >= 4 is 49.2 Å². The van der Waals surface area contributed by atoms with Crippen LogP contribution in [0.3, 0.4) is 0 Å². The molecule has 1 N–H and O–H groups in total. The number of hydrogen-bond donors (Lipinski definition) is 1. The van der Waals surface area contributed by atoms with E-state index in [1.807, 2.05) is 6.07 Å². The lowest BCUT2D eigenvalue weighted by Crippen LogP contribution is -2.18. The molecule has 1 aromatic carbocycles. The lowest BCUT2D eigenvalue weighted by atomic mass is 10.1. The third kappa shape index (κ3) is 2.50. The Morgan fingerprint density at radius 3 is 2.96 bits per heavy atom. The van der Waals surface area contributed by atoms with E-state index in [1.54, 1.807) is 16.7 Å². The number of anilines is 1. The molecular formula is C14H12BrN3O3S2. The van der Waals surface area contributed by atoms with Gasteiger partial charge in [-0.25, -0.2) is 4.98 Å². The molecule has 2 aliphatic rings. The number of carbonyl (C=O) groups is 1. The van der Waals surface area contributed by atoms with E-state index in [9.17, 15) is 13.2 Å². The molecule has 0 unspecified atom stereocenters. The van der Waals surface area contributed by atoms with E-state index in [-0.39, 0.29) is 10.8 Å². The summed E-state index contributed by atoms with van der Waals surface area (Å²) in [6.07, 6.45) is 1.21. The average Bonchev–Trinajstić information content (AvgIpc) is 3.13. The SMILES string of the molecule is O=C1CCc2ccc(NS(=O)(=O)c3c(Br)nc4n3CCS4)cc21. The summed E-state index contributed by atoms with van der Waals surface area (Å²) in [5.41, 5.74) is 1.98. The number of Topliss-reactive ketones (excluding diaryl/α,β-unsaturated/α-hetero) is 1. The lowest BCUT2D eigenvalue weighted by molar-refractivity contribution is 0.0994. The molecule has 1 aliphatic heterocycles. The molecule has 23 heavy (non-hydrogen) atoms. The maximum absolute atomic E-state index is 12.7. The number of ketones is 1. The van der Waals surface area contributed by atoms with E-state index < -0.39 is 10.0 Å². The first-order valence-electron chi connectivity index (χ1n) is 7.03. The van der Waals surface area contributed by atoms with E-state index in [0.29, 0.717) is 34.0 Å². The van der Waals surface area contributed by atoms with E-state index in [2.05, 4.69) is 25.6 Å². The standard InChI is InChI=1S/C14H12BrN3O3S2/c15-12-13(18-5-6-22-14(18)16-12)23(20,21)17-9-3-1-8-2-4-11(19)10(8)7-9/h1,3,7,17H,2,4-6H2. The highest BCUT2D eigenvalue weighted by Gasteiger charge is 2.30. The number of hydrogen-bond acceptors (Lipinski definition) is 5. The van der Waals surface area contributed by atoms with Crippen LogP contribution in [-0.4, -0.2) is 29.5 Å². The van der Waals surface area contributed by atoms with E-state index in [0.717, 1.165) is 17.7 Å². The minimum absolute atomic E-state index is 0.0591. The normalized spacial score (nSPS) is 16.5. The Bertz CT molecular complexity index is 937. The van der Waals surface area contributed by atoms with Crippen LogP contribution in [-0.2, 0) is 23.0 Å². The first-order valence-corrected chi connectivity index (χ1v) is 10.3. The molecule has 1 aliphatic carbocycles. The number of nitrogens with one attached hydrogen (secondary N) is 1. The molecule has 4 rings (SSSR count). The number of imidazole rings is 1. The molecule has 0 amide bonds. The summed E-state index contributed by atoms with van der Waals surface area (Å²) in [4.78, 5) is 16.1. The Morgan fingerprint density at radius 2 is 2.13 bits per heavy atom. The zero-order chi connectivity index (χ0) is 16.2. The van der Waals surface area contributed by atoms with Gasteiger partial charge in [-0.2, -0.15) is 8.42 Å². The van der Waals surface area contributed by atoms with Gasteiger partial charge in [-0.1, -0.05) is 17.8 Å². The fourth-order valence-corrected chi connectivity index (χ4v) is 6.30. The topological polar surface area (TPSA) is 81.1 Å². The van der Waals surface area contributed by atoms with Gasteiger partial charge in [0.25, 0.3) is 10.0 Å². The van der Waals surface area contributed by atoms with E-state index in [4.69, 9.17) is 0 Å². The van der Waals surface area contributed by atoms with Gasteiger partial charge in [0.2, 0.25) is 0 Å². The second kappa shape index (κ2) is 5.35. The van der Waals surface area contributed by atoms with Gasteiger partial charge in [-0.05, 0) is 40.0 Å². The van der Waals surface area contributed by atoms with Gasteiger partial charge in [0.05, 0.1) is 0 Å². The highest BCUT2D eigenvalue weighted by atomic mass is 79.9. The number of benzene rings is 1. The maximum atomic E-state index is 12.7. The molecule has 0 atom stereocenters. The van der Waals surface area contributed by atoms with Gasteiger partial charge < -0.3 is 4.57 Å². The monoisotopic (exact) mass is 413 g/mol. The van der Waals surface area contributed by atoms with Crippen LogP contribution >= 0.6 is 27.7 Å². The molecule has 9 heteroatoms. The number of sulfonamides is 1. The van der Waals surface area contributed by atoms with E-state index >= 15 is 0 Å². The number of carbonyl (C=O) groups excluding carboxylic acids is 1.